The van der Waals surface area contributed by atoms with Gasteiger partial charge in [0.2, 0.25) is 0 Å². The van der Waals surface area contributed by atoms with E-state index in [1.807, 2.05) is 24.3 Å². The van der Waals surface area contributed by atoms with Crippen LogP contribution in [0.4, 0.5) is 5.69 Å². The molecule has 2 heterocycles. The van der Waals surface area contributed by atoms with E-state index in [9.17, 15) is 15.3 Å². The van der Waals surface area contributed by atoms with E-state index in [4.69, 9.17) is 0 Å². The van der Waals surface area contributed by atoms with Crippen molar-refractivity contribution in [3.8, 4) is 23.4 Å². The minimum Gasteiger partial charge on any atom is -0.368 e. The molecule has 7 nitrogen and oxygen atoms in total. The Hall–Kier alpha value is -3.59. The van der Waals surface area contributed by atoms with E-state index in [1.54, 1.807) is 12.3 Å². The summed E-state index contributed by atoms with van der Waals surface area (Å²) in [5.74, 6) is 0. The lowest BCUT2D eigenvalue weighted by Gasteiger charge is -2.36. The van der Waals surface area contributed by atoms with Gasteiger partial charge in [0.1, 0.15) is 17.7 Å². The number of thioether (sulfide) groups is 1. The van der Waals surface area contributed by atoms with Gasteiger partial charge in [0.05, 0.1) is 16.9 Å². The predicted molar refractivity (Wildman–Crippen MR) is 125 cm³/mol. The average Bonchev–Trinajstić information content (AvgIpc) is 2.84. The average molecular weight is 443 g/mol. The van der Waals surface area contributed by atoms with Gasteiger partial charge < -0.3 is 9.88 Å². The summed E-state index contributed by atoms with van der Waals surface area (Å²) in [6, 6.07) is 20.1. The van der Waals surface area contributed by atoms with Crippen LogP contribution in [0.15, 0.2) is 58.5 Å². The Kier molecular flexibility index (Phi) is 6.55. The fourth-order valence-corrected chi connectivity index (χ4v) is 4.28. The molecule has 0 aliphatic carbocycles. The molecule has 1 saturated heterocycles. The van der Waals surface area contributed by atoms with E-state index >= 15 is 0 Å². The largest absolute Gasteiger partial charge is 0.368 e. The van der Waals surface area contributed by atoms with E-state index in [-0.39, 0.29) is 5.56 Å². The quantitative estimate of drug-likeness (QED) is 0.478. The monoisotopic (exact) mass is 442 g/mol. The van der Waals surface area contributed by atoms with Gasteiger partial charge in [-0.15, -0.1) is 0 Å². The first-order valence-electron chi connectivity index (χ1n) is 10.3. The number of hydrogen-bond donors (Lipinski definition) is 1. The Morgan fingerprint density at radius 2 is 1.81 bits per heavy atom. The standard InChI is InChI=1S/C24H22N6OS/c1-32-24-27-22(20(15-26)23(31)28-24)18-7-8-21(19(13-18)14-25)30-11-9-29(10-12-30)16-17-5-3-2-4-6-17/h2-8,13H,9-12,16H2,1H3,(H,27,28,31). The summed E-state index contributed by atoms with van der Waals surface area (Å²) in [6.45, 7) is 4.38. The van der Waals surface area contributed by atoms with Gasteiger partial charge in [-0.1, -0.05) is 48.2 Å². The third kappa shape index (κ3) is 4.52. The highest BCUT2D eigenvalue weighted by atomic mass is 32.2. The number of nitrogens with zero attached hydrogens (tertiary/aromatic N) is 5. The molecule has 1 aliphatic rings. The van der Waals surface area contributed by atoms with Gasteiger partial charge >= 0.3 is 0 Å². The fourth-order valence-electron chi connectivity index (χ4n) is 3.90. The van der Waals surface area contributed by atoms with Crippen molar-refractivity contribution in [1.82, 2.24) is 14.9 Å². The number of aromatic amines is 1. The number of nitrogens with one attached hydrogen (secondary N) is 1. The zero-order valence-electron chi connectivity index (χ0n) is 17.7. The van der Waals surface area contributed by atoms with Crippen molar-refractivity contribution in [3.05, 3.63) is 75.6 Å². The molecule has 2 aromatic carbocycles. The van der Waals surface area contributed by atoms with Gasteiger partial charge in [-0.25, -0.2) is 4.98 Å². The summed E-state index contributed by atoms with van der Waals surface area (Å²) >= 11 is 1.29. The molecule has 0 unspecified atom stereocenters. The summed E-state index contributed by atoms with van der Waals surface area (Å²) in [4.78, 5) is 23.9. The maximum atomic E-state index is 12.2. The summed E-state index contributed by atoms with van der Waals surface area (Å²) in [7, 11) is 0. The van der Waals surface area contributed by atoms with Crippen LogP contribution in [0.1, 0.15) is 16.7 Å². The van der Waals surface area contributed by atoms with Crippen LogP contribution in [0.25, 0.3) is 11.3 Å². The lowest BCUT2D eigenvalue weighted by Crippen LogP contribution is -2.46. The van der Waals surface area contributed by atoms with E-state index < -0.39 is 5.56 Å². The Labute approximate surface area is 190 Å². The maximum Gasteiger partial charge on any atom is 0.270 e. The molecule has 1 N–H and O–H groups in total. The highest BCUT2D eigenvalue weighted by Gasteiger charge is 2.21. The topological polar surface area (TPSA) is 99.8 Å². The van der Waals surface area contributed by atoms with Crippen molar-refractivity contribution in [2.75, 3.05) is 37.3 Å². The molecule has 1 aromatic heterocycles. The van der Waals surface area contributed by atoms with Gasteiger partial charge in [0.25, 0.3) is 5.56 Å². The molecule has 4 rings (SSSR count). The highest BCUT2D eigenvalue weighted by molar-refractivity contribution is 7.98. The molecule has 32 heavy (non-hydrogen) atoms. The number of nitriles is 2. The fraction of sp³-hybridized carbons (Fsp3) is 0.250. The Morgan fingerprint density at radius 3 is 2.47 bits per heavy atom. The first kappa shape index (κ1) is 21.6. The van der Waals surface area contributed by atoms with Gasteiger partial charge in [-0.2, -0.15) is 10.5 Å². The van der Waals surface area contributed by atoms with Crippen LogP contribution in [0.5, 0.6) is 0 Å². The van der Waals surface area contributed by atoms with E-state index in [1.165, 1.54) is 17.3 Å². The lowest BCUT2D eigenvalue weighted by atomic mass is 10.0. The summed E-state index contributed by atoms with van der Waals surface area (Å²) in [5.41, 5.74) is 3.04. The minimum absolute atomic E-state index is 0.0473. The molecule has 8 heteroatoms. The van der Waals surface area contributed by atoms with Crippen molar-refractivity contribution >= 4 is 17.4 Å². The molecular weight excluding hydrogens is 420 g/mol. The molecule has 0 radical (unpaired) electrons. The summed E-state index contributed by atoms with van der Waals surface area (Å²) in [5, 5.41) is 19.7. The Morgan fingerprint density at radius 1 is 1.06 bits per heavy atom. The molecule has 0 atom stereocenters. The highest BCUT2D eigenvalue weighted by Crippen LogP contribution is 2.29. The molecule has 0 amide bonds. The number of hydrogen-bond acceptors (Lipinski definition) is 7. The molecule has 160 valence electrons. The maximum absolute atomic E-state index is 12.2. The summed E-state index contributed by atoms with van der Waals surface area (Å²) in [6.07, 6.45) is 1.80. The van der Waals surface area contributed by atoms with Crippen LogP contribution in [-0.4, -0.2) is 47.3 Å². The van der Waals surface area contributed by atoms with E-state index in [2.05, 4.69) is 50.1 Å². The number of H-pyrrole nitrogens is 1. The van der Waals surface area contributed by atoms with Crippen LogP contribution in [-0.2, 0) is 6.54 Å². The molecule has 1 aliphatic heterocycles. The third-order valence-corrected chi connectivity index (χ3v) is 6.14. The Bertz CT molecular complexity index is 1250. The second-order valence-corrected chi connectivity index (χ2v) is 8.30. The van der Waals surface area contributed by atoms with E-state index in [0.717, 1.165) is 38.4 Å². The zero-order chi connectivity index (χ0) is 22.5. The molecule has 0 bridgehead atoms. The number of aromatic nitrogens is 2. The molecular formula is C24H22N6OS. The second kappa shape index (κ2) is 9.69. The van der Waals surface area contributed by atoms with Gasteiger partial charge in [0, 0.05) is 38.3 Å². The third-order valence-electron chi connectivity index (χ3n) is 5.56. The van der Waals surface area contributed by atoms with Gasteiger partial charge in [-0.05, 0) is 24.0 Å². The van der Waals surface area contributed by atoms with Crippen molar-refractivity contribution in [3.63, 3.8) is 0 Å². The number of benzene rings is 2. The SMILES string of the molecule is CSc1nc(-c2ccc(N3CCN(Cc4ccccc4)CC3)c(C#N)c2)c(C#N)c(=O)[nH]1. The van der Waals surface area contributed by atoms with Crippen molar-refractivity contribution in [2.45, 2.75) is 11.7 Å². The van der Waals surface area contributed by atoms with Gasteiger partial charge in [-0.3, -0.25) is 9.69 Å². The first-order valence-corrected chi connectivity index (χ1v) is 11.5. The van der Waals surface area contributed by atoms with Gasteiger partial charge in [0.15, 0.2) is 5.16 Å². The van der Waals surface area contributed by atoms with Crippen molar-refractivity contribution < 1.29 is 0 Å². The van der Waals surface area contributed by atoms with Crippen LogP contribution < -0.4 is 10.5 Å². The van der Waals surface area contributed by atoms with Crippen LogP contribution in [0.2, 0.25) is 0 Å². The summed E-state index contributed by atoms with van der Waals surface area (Å²) < 4.78 is 0. The normalized spacial score (nSPS) is 14.0. The minimum atomic E-state index is -0.473. The molecule has 1 fully saturated rings. The first-order chi connectivity index (χ1) is 15.6. The van der Waals surface area contributed by atoms with Crippen molar-refractivity contribution in [1.29, 1.82) is 10.5 Å². The van der Waals surface area contributed by atoms with E-state index in [0.29, 0.717) is 22.0 Å². The zero-order valence-corrected chi connectivity index (χ0v) is 18.5. The second-order valence-electron chi connectivity index (χ2n) is 7.50. The van der Waals surface area contributed by atoms with Crippen LogP contribution >= 0.6 is 11.8 Å². The smallest absolute Gasteiger partial charge is 0.270 e. The van der Waals surface area contributed by atoms with Crippen LogP contribution in [0.3, 0.4) is 0 Å². The molecule has 0 saturated carbocycles. The number of piperazine rings is 1. The molecule has 0 spiro atoms. The number of anilines is 1. The van der Waals surface area contributed by atoms with Crippen molar-refractivity contribution in [2.24, 2.45) is 0 Å². The molecule has 3 aromatic rings. The predicted octanol–water partition coefficient (Wildman–Crippen LogP) is 3.22. The lowest BCUT2D eigenvalue weighted by molar-refractivity contribution is 0.250. The van der Waals surface area contributed by atoms with Crippen LogP contribution in [0, 0.1) is 22.7 Å². The number of rotatable bonds is 5. The Balaban J connectivity index is 1.56.